The number of H-pyrrole nitrogens is 1. The molecule has 4 heterocycles. The molecule has 0 aliphatic carbocycles. The second-order valence-corrected chi connectivity index (χ2v) is 13.4. The van der Waals surface area contributed by atoms with E-state index in [1.807, 2.05) is 0 Å². The maximum Gasteiger partial charge on any atom is 0.352 e. The van der Waals surface area contributed by atoms with Gasteiger partial charge in [-0.25, -0.2) is 9.59 Å². The van der Waals surface area contributed by atoms with Gasteiger partial charge >= 0.3 is 23.8 Å². The number of nitrogens with one attached hydrogen (secondary N) is 5. The number of nitrogens with zero attached hydrogens (tertiary/aromatic N) is 5. The van der Waals surface area contributed by atoms with Crippen molar-refractivity contribution >= 4 is 69.3 Å². The Morgan fingerprint density at radius 3 is 2.34 bits per heavy atom. The fraction of sp³-hybridized carbons (Fsp3) is 0.257. The van der Waals surface area contributed by atoms with Crippen molar-refractivity contribution in [2.75, 3.05) is 42.3 Å². The number of tetrazole rings is 1. The maximum atomic E-state index is 13.7. The third-order valence-electron chi connectivity index (χ3n) is 9.32. The van der Waals surface area contributed by atoms with Crippen LogP contribution in [0.4, 0.5) is 21.9 Å². The van der Waals surface area contributed by atoms with Crippen molar-refractivity contribution in [3.8, 4) is 5.69 Å². The van der Waals surface area contributed by atoms with Gasteiger partial charge in [0.25, 0.3) is 0 Å². The molecule has 7 rings (SSSR count). The molecule has 17 nitrogen and oxygen atoms in total. The molecule has 2 saturated heterocycles. The van der Waals surface area contributed by atoms with Gasteiger partial charge in [0.15, 0.2) is 0 Å². The summed E-state index contributed by atoms with van der Waals surface area (Å²) >= 11 is 6.16. The number of likely N-dealkylation sites (tertiary alicyclic amines) is 1. The summed E-state index contributed by atoms with van der Waals surface area (Å²) < 4.78 is 6.65. The number of halogens is 1. The van der Waals surface area contributed by atoms with E-state index in [0.717, 1.165) is 26.1 Å². The molecule has 0 bridgehead atoms. The van der Waals surface area contributed by atoms with Gasteiger partial charge in [-0.05, 0) is 83.4 Å². The van der Waals surface area contributed by atoms with Gasteiger partial charge in [-0.2, -0.15) is 4.68 Å². The van der Waals surface area contributed by atoms with Crippen LogP contribution < -0.4 is 21.3 Å². The largest absolute Gasteiger partial charge is 0.477 e. The van der Waals surface area contributed by atoms with Crippen molar-refractivity contribution < 1.29 is 33.8 Å². The zero-order valence-corrected chi connectivity index (χ0v) is 28.7. The van der Waals surface area contributed by atoms with Gasteiger partial charge < -0.3 is 41.0 Å². The van der Waals surface area contributed by atoms with Crippen LogP contribution in [0.2, 0.25) is 5.02 Å². The molecule has 5 amide bonds. The minimum Gasteiger partial charge on any atom is -0.477 e. The summed E-state index contributed by atoms with van der Waals surface area (Å²) in [6.07, 6.45) is 3.07. The minimum absolute atomic E-state index is 0.0182. The van der Waals surface area contributed by atoms with Gasteiger partial charge in [-0.15, -0.1) is 5.10 Å². The Morgan fingerprint density at radius 2 is 1.66 bits per heavy atom. The highest BCUT2D eigenvalue weighted by atomic mass is 35.5. The van der Waals surface area contributed by atoms with Gasteiger partial charge in [0.2, 0.25) is 5.91 Å². The molecule has 2 aliphatic rings. The maximum absolute atomic E-state index is 13.7. The predicted octanol–water partition coefficient (Wildman–Crippen LogP) is 3.44. The number of hydrogen-bond acceptors (Lipinski definition) is 9. The zero-order valence-electron chi connectivity index (χ0n) is 28.0. The number of carbonyl (C=O) groups is 5. The van der Waals surface area contributed by atoms with Gasteiger partial charge in [-0.1, -0.05) is 23.7 Å². The van der Waals surface area contributed by atoms with E-state index in [1.165, 1.54) is 23.1 Å². The van der Waals surface area contributed by atoms with Crippen LogP contribution in [0.25, 0.3) is 16.6 Å². The predicted molar refractivity (Wildman–Crippen MR) is 192 cm³/mol. The lowest BCUT2D eigenvalue weighted by Gasteiger charge is -2.47. The highest BCUT2D eigenvalue weighted by molar-refractivity contribution is 6.40. The third kappa shape index (κ3) is 7.95. The summed E-state index contributed by atoms with van der Waals surface area (Å²) in [4.78, 5) is 69.2. The normalized spacial score (nSPS) is 15.3. The molecule has 2 fully saturated rings. The molecule has 5 aromatic rings. The zero-order chi connectivity index (χ0) is 37.1. The first kappa shape index (κ1) is 35.1. The summed E-state index contributed by atoms with van der Waals surface area (Å²) in [5, 5.41) is 31.9. The van der Waals surface area contributed by atoms with Gasteiger partial charge in [0.05, 0.1) is 24.6 Å². The van der Waals surface area contributed by atoms with E-state index in [-0.39, 0.29) is 34.3 Å². The number of anilines is 3. The van der Waals surface area contributed by atoms with Crippen LogP contribution >= 0.6 is 11.6 Å². The Hall–Kier alpha value is -6.33. The molecular formula is C35H33ClN10O7. The number of carboxylic acid groups (broad SMARTS) is 1. The molecule has 18 heteroatoms. The van der Waals surface area contributed by atoms with Crippen LogP contribution in [0.5, 0.6) is 0 Å². The van der Waals surface area contributed by atoms with Crippen molar-refractivity contribution in [1.29, 1.82) is 0 Å². The lowest BCUT2D eigenvalue weighted by Crippen LogP contribution is -2.52. The van der Waals surface area contributed by atoms with E-state index in [9.17, 15) is 29.1 Å². The SMILES string of the molecule is O=C(Nc1cc(Cl)ccc1-n1cnnn1)C(=O)N[C@@H](Cc1ccc(NC(=O)N2CCC3(CC2)COC3)cc1)C(=O)Nc1ccc2[nH]c(C(=O)O)cc2c1. The molecule has 2 aliphatic heterocycles. The topological polar surface area (TPSA) is 226 Å². The highest BCUT2D eigenvalue weighted by Gasteiger charge is 2.42. The first-order chi connectivity index (χ1) is 25.5. The molecule has 0 unspecified atom stereocenters. The molecule has 2 aromatic heterocycles. The Morgan fingerprint density at radius 1 is 0.906 bits per heavy atom. The third-order valence-corrected chi connectivity index (χ3v) is 9.56. The monoisotopic (exact) mass is 740 g/mol. The first-order valence-electron chi connectivity index (χ1n) is 16.6. The summed E-state index contributed by atoms with van der Waals surface area (Å²) in [7, 11) is 0. The number of carbonyl (C=O) groups excluding carboxylic acids is 4. The molecule has 272 valence electrons. The summed E-state index contributed by atoms with van der Waals surface area (Å²) in [5.41, 5.74) is 2.72. The van der Waals surface area contributed by atoms with Crippen LogP contribution in [-0.4, -0.2) is 97.3 Å². The number of aromatic amines is 1. The number of hydrogen-bond donors (Lipinski definition) is 6. The lowest BCUT2D eigenvalue weighted by molar-refractivity contribution is -0.137. The van der Waals surface area contributed by atoms with E-state index >= 15 is 0 Å². The van der Waals surface area contributed by atoms with Crippen molar-refractivity contribution in [3.05, 3.63) is 89.3 Å². The Kier molecular flexibility index (Phi) is 9.75. The molecule has 1 atom stereocenters. The molecule has 6 N–H and O–H groups in total. The number of aromatic nitrogens is 5. The van der Waals surface area contributed by atoms with Crippen LogP contribution in [0.3, 0.4) is 0 Å². The van der Waals surface area contributed by atoms with Crippen molar-refractivity contribution in [3.63, 3.8) is 0 Å². The Balaban J connectivity index is 1.05. The average Bonchev–Trinajstić information content (AvgIpc) is 3.82. The fourth-order valence-corrected chi connectivity index (χ4v) is 6.45. The van der Waals surface area contributed by atoms with Crippen molar-refractivity contribution in [2.45, 2.75) is 25.3 Å². The Bertz CT molecular complexity index is 2190. The first-order valence-corrected chi connectivity index (χ1v) is 17.0. The van der Waals surface area contributed by atoms with Crippen molar-refractivity contribution in [2.24, 2.45) is 5.41 Å². The molecule has 3 aromatic carbocycles. The number of ether oxygens (including phenoxy) is 1. The quantitative estimate of drug-likeness (QED) is 0.121. The van der Waals surface area contributed by atoms with E-state index < -0.39 is 29.7 Å². The molecular weight excluding hydrogens is 708 g/mol. The number of benzene rings is 3. The number of urea groups is 1. The molecule has 0 saturated carbocycles. The minimum atomic E-state index is -1.25. The standard InChI is InChI=1S/C35H33ClN10O7/c36-22-3-8-29(46-19-37-43-44-46)26(16-22)41-31(48)32(49)42-27(30(47)38-24-6-7-25-21(14-24)15-28(40-25)33(50)51)13-20-1-4-23(5-2-20)39-34(52)45-11-9-35(10-12-45)17-53-18-35/h1-8,14-16,19,27,40H,9-13,17-18H2,(H,38,47)(H,39,52)(H,41,48)(H,42,49)(H,50,51)/t27-/m0/s1. The highest BCUT2D eigenvalue weighted by Crippen LogP contribution is 2.38. The van der Waals surface area contributed by atoms with Crippen molar-refractivity contribution in [1.82, 2.24) is 35.4 Å². The second kappa shape index (κ2) is 14.7. The van der Waals surface area contributed by atoms with Gasteiger partial charge in [-0.3, -0.25) is 14.4 Å². The number of piperidine rings is 1. The number of rotatable bonds is 9. The summed E-state index contributed by atoms with van der Waals surface area (Å²) in [5.74, 6) is -3.97. The van der Waals surface area contributed by atoms with Crippen LogP contribution in [0.15, 0.2) is 73.1 Å². The van der Waals surface area contributed by atoms with E-state index in [0.29, 0.717) is 46.6 Å². The molecule has 0 radical (unpaired) electrons. The lowest BCUT2D eigenvalue weighted by atomic mass is 9.77. The second-order valence-electron chi connectivity index (χ2n) is 13.0. The number of amides is 5. The van der Waals surface area contributed by atoms with Gasteiger partial charge in [0.1, 0.15) is 18.1 Å². The smallest absolute Gasteiger partial charge is 0.352 e. The summed E-state index contributed by atoms with van der Waals surface area (Å²) in [6, 6.07) is 16.1. The van der Waals surface area contributed by atoms with E-state index in [4.69, 9.17) is 16.3 Å². The number of aromatic carboxylic acids is 1. The Labute approximate surface area is 306 Å². The van der Waals surface area contributed by atoms with E-state index in [2.05, 4.69) is 41.8 Å². The van der Waals surface area contributed by atoms with Gasteiger partial charge in [0, 0.05) is 52.2 Å². The average molecular weight is 741 g/mol. The van der Waals surface area contributed by atoms with Crippen LogP contribution in [0, 0.1) is 5.41 Å². The van der Waals surface area contributed by atoms with Crippen LogP contribution in [-0.2, 0) is 25.5 Å². The van der Waals surface area contributed by atoms with Crippen LogP contribution in [0.1, 0.15) is 28.9 Å². The number of fused-ring (bicyclic) bond motifs is 1. The summed E-state index contributed by atoms with van der Waals surface area (Å²) in [6.45, 7) is 2.78. The van der Waals surface area contributed by atoms with E-state index in [1.54, 1.807) is 59.5 Å². The molecule has 1 spiro atoms. The fourth-order valence-electron chi connectivity index (χ4n) is 6.27. The number of carboxylic acids is 1. The molecule has 53 heavy (non-hydrogen) atoms.